The van der Waals surface area contributed by atoms with E-state index in [0.29, 0.717) is 6.54 Å². The molecule has 19 heavy (non-hydrogen) atoms. The van der Waals surface area contributed by atoms with Crippen LogP contribution in [0.25, 0.3) is 0 Å². The van der Waals surface area contributed by atoms with Crippen molar-refractivity contribution in [1.29, 1.82) is 0 Å². The standard InChI is InChI=1S/C13H22N2O4/c1-4-10(5-2)15-7-9(6-11(15)16)12(17)14-8(3)13(18)19/h8-10H,4-7H2,1-3H3,(H,14,17)(H,18,19)/t8-,9?/m1/s1. The lowest BCUT2D eigenvalue weighted by molar-refractivity contribution is -0.141. The molecule has 0 aromatic rings. The Labute approximate surface area is 113 Å². The number of amides is 2. The number of carboxylic acids is 1. The van der Waals surface area contributed by atoms with Gasteiger partial charge in [-0.3, -0.25) is 14.4 Å². The van der Waals surface area contributed by atoms with E-state index in [2.05, 4.69) is 5.32 Å². The van der Waals surface area contributed by atoms with Crippen LogP contribution in [0.1, 0.15) is 40.0 Å². The smallest absolute Gasteiger partial charge is 0.325 e. The normalized spacial score (nSPS) is 20.7. The molecule has 1 aliphatic rings. The average molecular weight is 270 g/mol. The van der Waals surface area contributed by atoms with Gasteiger partial charge in [-0.15, -0.1) is 0 Å². The molecule has 2 amide bonds. The van der Waals surface area contributed by atoms with E-state index in [1.54, 1.807) is 4.90 Å². The van der Waals surface area contributed by atoms with Crippen molar-refractivity contribution in [3.8, 4) is 0 Å². The summed E-state index contributed by atoms with van der Waals surface area (Å²) in [7, 11) is 0. The summed E-state index contributed by atoms with van der Waals surface area (Å²) in [4.78, 5) is 36.2. The second-order valence-electron chi connectivity index (χ2n) is 4.99. The van der Waals surface area contributed by atoms with Crippen molar-refractivity contribution in [1.82, 2.24) is 10.2 Å². The van der Waals surface area contributed by atoms with Crippen LogP contribution in [-0.2, 0) is 14.4 Å². The summed E-state index contributed by atoms with van der Waals surface area (Å²) in [5.74, 6) is -1.88. The number of aliphatic carboxylic acids is 1. The molecule has 1 aliphatic heterocycles. The summed E-state index contributed by atoms with van der Waals surface area (Å²) >= 11 is 0. The molecule has 2 N–H and O–H groups in total. The van der Waals surface area contributed by atoms with E-state index in [4.69, 9.17) is 5.11 Å². The van der Waals surface area contributed by atoms with Gasteiger partial charge in [0.05, 0.1) is 5.92 Å². The number of nitrogens with zero attached hydrogens (tertiary/aromatic N) is 1. The molecule has 2 atom stereocenters. The Kier molecular flexibility index (Phi) is 5.32. The van der Waals surface area contributed by atoms with Gasteiger partial charge in [0.15, 0.2) is 0 Å². The number of likely N-dealkylation sites (tertiary alicyclic amines) is 1. The molecule has 0 radical (unpaired) electrons. The van der Waals surface area contributed by atoms with Crippen molar-refractivity contribution in [2.24, 2.45) is 5.92 Å². The number of hydrogen-bond donors (Lipinski definition) is 2. The minimum absolute atomic E-state index is 0.0168. The first-order valence-corrected chi connectivity index (χ1v) is 6.73. The van der Waals surface area contributed by atoms with Crippen molar-refractivity contribution in [2.75, 3.05) is 6.54 Å². The average Bonchev–Trinajstić information content (AvgIpc) is 2.73. The predicted molar refractivity (Wildman–Crippen MR) is 69.4 cm³/mol. The minimum atomic E-state index is -1.07. The number of carboxylic acid groups (broad SMARTS) is 1. The SMILES string of the molecule is CCC(CC)N1CC(C(=O)N[C@H](C)C(=O)O)CC1=O. The van der Waals surface area contributed by atoms with Crippen LogP contribution in [-0.4, -0.2) is 46.4 Å². The summed E-state index contributed by atoms with van der Waals surface area (Å²) in [6, 6.07) is -0.757. The fourth-order valence-corrected chi connectivity index (χ4v) is 2.38. The lowest BCUT2D eigenvalue weighted by Gasteiger charge is -2.26. The Bertz CT molecular complexity index is 366. The van der Waals surface area contributed by atoms with Crippen LogP contribution in [0.3, 0.4) is 0 Å². The third-order valence-corrected chi connectivity index (χ3v) is 3.64. The highest BCUT2D eigenvalue weighted by molar-refractivity contribution is 5.91. The molecule has 1 rings (SSSR count). The van der Waals surface area contributed by atoms with Crippen LogP contribution in [0.2, 0.25) is 0 Å². The summed E-state index contributed by atoms with van der Waals surface area (Å²) < 4.78 is 0. The highest BCUT2D eigenvalue weighted by Crippen LogP contribution is 2.23. The number of carbonyl (C=O) groups is 3. The Morgan fingerprint density at radius 1 is 1.42 bits per heavy atom. The number of rotatable bonds is 6. The molecule has 0 aromatic heterocycles. The van der Waals surface area contributed by atoms with Gasteiger partial charge in [0.25, 0.3) is 0 Å². The molecule has 0 aliphatic carbocycles. The highest BCUT2D eigenvalue weighted by atomic mass is 16.4. The Morgan fingerprint density at radius 3 is 2.47 bits per heavy atom. The zero-order chi connectivity index (χ0) is 14.6. The van der Waals surface area contributed by atoms with Gasteiger partial charge in [0.2, 0.25) is 11.8 Å². The second kappa shape index (κ2) is 6.54. The molecule has 6 nitrogen and oxygen atoms in total. The molecule has 6 heteroatoms. The van der Waals surface area contributed by atoms with E-state index in [9.17, 15) is 14.4 Å². The molecule has 0 spiro atoms. The van der Waals surface area contributed by atoms with Gasteiger partial charge in [-0.05, 0) is 19.8 Å². The first kappa shape index (κ1) is 15.5. The fraction of sp³-hybridized carbons (Fsp3) is 0.769. The summed E-state index contributed by atoms with van der Waals surface area (Å²) in [5, 5.41) is 11.2. The van der Waals surface area contributed by atoms with E-state index >= 15 is 0 Å². The van der Waals surface area contributed by atoms with Crippen LogP contribution in [0.5, 0.6) is 0 Å². The third kappa shape index (κ3) is 3.68. The van der Waals surface area contributed by atoms with E-state index in [1.807, 2.05) is 13.8 Å². The zero-order valence-corrected chi connectivity index (χ0v) is 11.7. The van der Waals surface area contributed by atoms with Crippen LogP contribution < -0.4 is 5.32 Å². The number of carbonyl (C=O) groups excluding carboxylic acids is 2. The maximum absolute atomic E-state index is 11.9. The highest BCUT2D eigenvalue weighted by Gasteiger charge is 2.37. The molecular formula is C13H22N2O4. The van der Waals surface area contributed by atoms with Crippen molar-refractivity contribution >= 4 is 17.8 Å². The van der Waals surface area contributed by atoms with Gasteiger partial charge >= 0.3 is 5.97 Å². The molecule has 0 saturated carbocycles. The summed E-state index contributed by atoms with van der Waals surface area (Å²) in [5.41, 5.74) is 0. The largest absolute Gasteiger partial charge is 0.480 e. The Morgan fingerprint density at radius 2 is 2.00 bits per heavy atom. The van der Waals surface area contributed by atoms with Gasteiger partial charge in [-0.25, -0.2) is 0 Å². The third-order valence-electron chi connectivity index (χ3n) is 3.64. The Hall–Kier alpha value is -1.59. The monoisotopic (exact) mass is 270 g/mol. The quantitative estimate of drug-likeness (QED) is 0.740. The van der Waals surface area contributed by atoms with Crippen molar-refractivity contribution in [2.45, 2.75) is 52.1 Å². The van der Waals surface area contributed by atoms with E-state index in [-0.39, 0.29) is 24.3 Å². The maximum atomic E-state index is 11.9. The van der Waals surface area contributed by atoms with E-state index in [0.717, 1.165) is 12.8 Å². The number of nitrogens with one attached hydrogen (secondary N) is 1. The molecular weight excluding hydrogens is 248 g/mol. The topological polar surface area (TPSA) is 86.7 Å². The van der Waals surface area contributed by atoms with Gasteiger partial charge in [-0.2, -0.15) is 0 Å². The summed E-state index contributed by atoms with van der Waals surface area (Å²) in [6.45, 7) is 5.84. The summed E-state index contributed by atoms with van der Waals surface area (Å²) in [6.07, 6.45) is 1.90. The lowest BCUT2D eigenvalue weighted by atomic mass is 10.1. The van der Waals surface area contributed by atoms with E-state index < -0.39 is 17.9 Å². The van der Waals surface area contributed by atoms with E-state index in [1.165, 1.54) is 6.92 Å². The van der Waals surface area contributed by atoms with Crippen LogP contribution in [0.15, 0.2) is 0 Å². The molecule has 1 heterocycles. The Balaban J connectivity index is 2.61. The minimum Gasteiger partial charge on any atom is -0.480 e. The van der Waals surface area contributed by atoms with Crippen LogP contribution in [0, 0.1) is 5.92 Å². The second-order valence-corrected chi connectivity index (χ2v) is 4.99. The van der Waals surface area contributed by atoms with Gasteiger partial charge in [0.1, 0.15) is 6.04 Å². The van der Waals surface area contributed by atoms with Crippen molar-refractivity contribution in [3.05, 3.63) is 0 Å². The molecule has 1 unspecified atom stereocenters. The van der Waals surface area contributed by atoms with Gasteiger partial charge in [-0.1, -0.05) is 13.8 Å². The van der Waals surface area contributed by atoms with Crippen LogP contribution in [0.4, 0.5) is 0 Å². The molecule has 0 aromatic carbocycles. The lowest BCUT2D eigenvalue weighted by Crippen LogP contribution is -2.43. The zero-order valence-electron chi connectivity index (χ0n) is 11.7. The molecule has 1 fully saturated rings. The van der Waals surface area contributed by atoms with Gasteiger partial charge < -0.3 is 15.3 Å². The maximum Gasteiger partial charge on any atom is 0.325 e. The van der Waals surface area contributed by atoms with Crippen molar-refractivity contribution < 1.29 is 19.5 Å². The van der Waals surface area contributed by atoms with Gasteiger partial charge in [0, 0.05) is 19.0 Å². The number of hydrogen-bond acceptors (Lipinski definition) is 3. The fourth-order valence-electron chi connectivity index (χ4n) is 2.38. The first-order valence-electron chi connectivity index (χ1n) is 6.73. The van der Waals surface area contributed by atoms with Crippen LogP contribution >= 0.6 is 0 Å². The molecule has 108 valence electrons. The van der Waals surface area contributed by atoms with Crippen molar-refractivity contribution in [3.63, 3.8) is 0 Å². The molecule has 0 bridgehead atoms. The predicted octanol–water partition coefficient (Wildman–Crippen LogP) is 0.613. The first-order chi connectivity index (χ1) is 8.90. The molecule has 1 saturated heterocycles.